The summed E-state index contributed by atoms with van der Waals surface area (Å²) in [6.07, 6.45) is 6.52. The van der Waals surface area contributed by atoms with Gasteiger partial charge in [-0.1, -0.05) is 12.1 Å². The highest BCUT2D eigenvalue weighted by Gasteiger charge is 2.29. The molecule has 1 aliphatic heterocycles. The average molecular weight is 473 g/mol. The van der Waals surface area contributed by atoms with E-state index in [4.69, 9.17) is 4.98 Å². The third-order valence-corrected chi connectivity index (χ3v) is 7.44. The number of piperazine rings is 1. The highest BCUT2D eigenvalue weighted by Crippen LogP contribution is 2.32. The molecule has 1 unspecified atom stereocenters. The summed E-state index contributed by atoms with van der Waals surface area (Å²) >= 11 is 0. The second-order valence-electron chi connectivity index (χ2n) is 9.80. The maximum absolute atomic E-state index is 10.9. The highest BCUT2D eigenvalue weighted by molar-refractivity contribution is 5.53. The van der Waals surface area contributed by atoms with Gasteiger partial charge in [0.05, 0.1) is 11.4 Å². The number of aryl methyl sites for hydroxylation is 1. The van der Waals surface area contributed by atoms with Crippen molar-refractivity contribution in [1.82, 2.24) is 33.9 Å². The fourth-order valence-corrected chi connectivity index (χ4v) is 5.35. The zero-order chi connectivity index (χ0) is 23.9. The smallest absolute Gasteiger partial charge is 0.219 e. The van der Waals surface area contributed by atoms with Crippen LogP contribution < -0.4 is 4.90 Å². The Balaban J connectivity index is 1.19. The van der Waals surface area contributed by atoms with Crippen LogP contribution in [0.3, 0.4) is 0 Å². The topological polar surface area (TPSA) is 78.0 Å². The molecule has 35 heavy (non-hydrogen) atoms. The first kappa shape index (κ1) is 22.1. The first-order valence-corrected chi connectivity index (χ1v) is 12.4. The summed E-state index contributed by atoms with van der Waals surface area (Å²) in [5, 5.41) is 15.6. The minimum absolute atomic E-state index is 0.210. The number of pyridine rings is 2. The van der Waals surface area contributed by atoms with Crippen molar-refractivity contribution in [1.29, 1.82) is 0 Å². The van der Waals surface area contributed by atoms with Crippen molar-refractivity contribution in [2.45, 2.75) is 31.8 Å². The second-order valence-corrected chi connectivity index (χ2v) is 9.80. The van der Waals surface area contributed by atoms with Gasteiger partial charge in [-0.3, -0.25) is 9.30 Å². The van der Waals surface area contributed by atoms with Crippen molar-refractivity contribution in [2.75, 3.05) is 45.2 Å². The van der Waals surface area contributed by atoms with Crippen molar-refractivity contribution in [3.63, 3.8) is 0 Å². The van der Waals surface area contributed by atoms with Gasteiger partial charge in [0.15, 0.2) is 5.82 Å². The van der Waals surface area contributed by atoms with Gasteiger partial charge in [0, 0.05) is 56.7 Å². The van der Waals surface area contributed by atoms with E-state index < -0.39 is 0 Å². The number of aromatic hydroxyl groups is 1. The van der Waals surface area contributed by atoms with E-state index in [0.29, 0.717) is 11.9 Å². The summed E-state index contributed by atoms with van der Waals surface area (Å²) in [5.74, 6) is 2.07. The fraction of sp³-hybridized carbons (Fsp3) is 0.423. The number of hydrogen-bond acceptors (Lipinski definition) is 7. The highest BCUT2D eigenvalue weighted by atomic mass is 16.3. The molecule has 1 N–H and O–H groups in total. The number of anilines is 1. The lowest BCUT2D eigenvalue weighted by Crippen LogP contribution is -2.45. The molecule has 9 heteroatoms. The van der Waals surface area contributed by atoms with Gasteiger partial charge in [0.1, 0.15) is 11.5 Å². The minimum atomic E-state index is 0.210. The molecule has 0 spiro atoms. The van der Waals surface area contributed by atoms with Crippen LogP contribution in [0.5, 0.6) is 5.88 Å². The van der Waals surface area contributed by atoms with E-state index in [-0.39, 0.29) is 5.88 Å². The SMILES string of the molecule is CN1CCN(c2cccc3nc(CN(C)C4CCc5nn(-c6ccccn6)c(O)c5C4)cn23)CC1. The minimum Gasteiger partial charge on any atom is -0.493 e. The molecule has 0 bridgehead atoms. The van der Waals surface area contributed by atoms with E-state index in [9.17, 15) is 5.11 Å². The van der Waals surface area contributed by atoms with E-state index in [1.807, 2.05) is 18.2 Å². The Bertz CT molecular complexity index is 1320. The van der Waals surface area contributed by atoms with E-state index >= 15 is 0 Å². The first-order valence-electron chi connectivity index (χ1n) is 12.4. The predicted octanol–water partition coefficient (Wildman–Crippen LogP) is 2.36. The van der Waals surface area contributed by atoms with Gasteiger partial charge in [0.2, 0.25) is 5.88 Å². The van der Waals surface area contributed by atoms with Crippen LogP contribution in [0.25, 0.3) is 11.5 Å². The van der Waals surface area contributed by atoms with Crippen LogP contribution in [-0.4, -0.2) is 85.4 Å². The molecule has 1 saturated heterocycles. The van der Waals surface area contributed by atoms with Gasteiger partial charge in [-0.2, -0.15) is 9.78 Å². The molecular formula is C26H32N8O. The van der Waals surface area contributed by atoms with Crippen LogP contribution in [0.2, 0.25) is 0 Å². The summed E-state index contributed by atoms with van der Waals surface area (Å²) in [5.41, 5.74) is 3.96. The number of imidazole rings is 1. The van der Waals surface area contributed by atoms with Gasteiger partial charge < -0.3 is 14.9 Å². The van der Waals surface area contributed by atoms with E-state index in [1.165, 1.54) is 5.82 Å². The summed E-state index contributed by atoms with van der Waals surface area (Å²) in [6, 6.07) is 12.3. The van der Waals surface area contributed by atoms with Crippen molar-refractivity contribution in [2.24, 2.45) is 0 Å². The van der Waals surface area contributed by atoms with Crippen LogP contribution in [0, 0.1) is 0 Å². The summed E-state index contributed by atoms with van der Waals surface area (Å²) in [6.45, 7) is 4.98. The molecule has 1 aliphatic carbocycles. The second kappa shape index (κ2) is 8.98. The molecule has 0 saturated carbocycles. The lowest BCUT2D eigenvalue weighted by Gasteiger charge is -2.34. The van der Waals surface area contributed by atoms with Crippen LogP contribution in [0.1, 0.15) is 23.4 Å². The Morgan fingerprint density at radius 3 is 2.74 bits per heavy atom. The monoisotopic (exact) mass is 472 g/mol. The fourth-order valence-electron chi connectivity index (χ4n) is 5.35. The quantitative estimate of drug-likeness (QED) is 0.478. The van der Waals surface area contributed by atoms with Crippen LogP contribution in [-0.2, 0) is 19.4 Å². The molecule has 1 atom stereocenters. The number of likely N-dealkylation sites (N-methyl/N-ethyl adjacent to an activating group) is 2. The van der Waals surface area contributed by atoms with Crippen molar-refractivity contribution >= 4 is 11.5 Å². The summed E-state index contributed by atoms with van der Waals surface area (Å²) in [4.78, 5) is 16.5. The Labute approximate surface area is 205 Å². The molecule has 1 fully saturated rings. The van der Waals surface area contributed by atoms with Gasteiger partial charge in [0.25, 0.3) is 0 Å². The van der Waals surface area contributed by atoms with E-state index in [1.54, 1.807) is 10.9 Å². The Kier molecular flexibility index (Phi) is 5.66. The molecule has 5 heterocycles. The zero-order valence-electron chi connectivity index (χ0n) is 20.4. The Hall–Kier alpha value is -3.43. The summed E-state index contributed by atoms with van der Waals surface area (Å²) < 4.78 is 3.80. The van der Waals surface area contributed by atoms with Gasteiger partial charge in [-0.25, -0.2) is 9.97 Å². The molecule has 2 aliphatic rings. The average Bonchev–Trinajstić information content (AvgIpc) is 3.45. The maximum atomic E-state index is 10.9. The largest absolute Gasteiger partial charge is 0.493 e. The number of rotatable bonds is 5. The Morgan fingerprint density at radius 2 is 1.94 bits per heavy atom. The molecule has 4 aromatic rings. The van der Waals surface area contributed by atoms with Crippen molar-refractivity contribution < 1.29 is 5.11 Å². The number of aromatic nitrogens is 5. The molecule has 0 radical (unpaired) electrons. The van der Waals surface area contributed by atoms with Crippen LogP contribution >= 0.6 is 0 Å². The van der Waals surface area contributed by atoms with E-state index in [2.05, 4.69) is 67.7 Å². The van der Waals surface area contributed by atoms with Gasteiger partial charge in [-0.15, -0.1) is 0 Å². The number of nitrogens with zero attached hydrogens (tertiary/aromatic N) is 8. The predicted molar refractivity (Wildman–Crippen MR) is 135 cm³/mol. The molecule has 182 valence electrons. The third-order valence-electron chi connectivity index (χ3n) is 7.44. The van der Waals surface area contributed by atoms with Gasteiger partial charge in [-0.05, 0) is 57.6 Å². The number of fused-ring (bicyclic) bond motifs is 2. The lowest BCUT2D eigenvalue weighted by molar-refractivity contribution is 0.210. The van der Waals surface area contributed by atoms with Crippen molar-refractivity contribution in [3.8, 4) is 11.7 Å². The van der Waals surface area contributed by atoms with Crippen molar-refractivity contribution in [3.05, 3.63) is 65.7 Å². The maximum Gasteiger partial charge on any atom is 0.219 e. The third kappa shape index (κ3) is 4.15. The Morgan fingerprint density at radius 1 is 1.09 bits per heavy atom. The first-order chi connectivity index (χ1) is 17.1. The molecule has 4 aromatic heterocycles. The lowest BCUT2D eigenvalue weighted by atomic mass is 9.92. The van der Waals surface area contributed by atoms with Gasteiger partial charge >= 0.3 is 0 Å². The zero-order valence-corrected chi connectivity index (χ0v) is 20.4. The number of hydrogen-bond donors (Lipinski definition) is 1. The van der Waals surface area contributed by atoms with Crippen LogP contribution in [0.4, 0.5) is 5.82 Å². The normalized spacial score (nSPS) is 18.9. The van der Waals surface area contributed by atoms with E-state index in [0.717, 1.165) is 74.6 Å². The molecule has 0 aromatic carbocycles. The molecule has 6 rings (SSSR count). The standard InChI is InChI=1S/C26H32N8O/c1-30-12-14-32(15-13-30)25-8-5-7-24-28-19(18-33(24)25)17-31(2)20-9-10-22-21(16-20)26(35)34(29-22)23-6-3-4-11-27-23/h3-8,11,18,20,35H,9-10,12-17H2,1-2H3. The molecule has 9 nitrogen and oxygen atoms in total. The summed E-state index contributed by atoms with van der Waals surface area (Å²) in [7, 11) is 4.34. The van der Waals surface area contributed by atoms with Crippen LogP contribution in [0.15, 0.2) is 48.8 Å². The molecule has 0 amide bonds. The molecular weight excluding hydrogens is 440 g/mol.